The van der Waals surface area contributed by atoms with E-state index in [9.17, 15) is 18.0 Å². The number of fused-ring (bicyclic) bond motifs is 1. The van der Waals surface area contributed by atoms with E-state index in [1.165, 1.54) is 6.92 Å². The normalized spacial score (nSPS) is 15.6. The minimum absolute atomic E-state index is 0.0808. The van der Waals surface area contributed by atoms with Gasteiger partial charge < -0.3 is 10.2 Å². The first-order chi connectivity index (χ1) is 14.2. The number of nitrogens with zero attached hydrogens (tertiary/aromatic N) is 5. The molecule has 2 aromatic heterocycles. The average molecular weight is 418 g/mol. The number of carbonyl (C=O) groups excluding carboxylic acids is 1. The molecule has 1 aliphatic heterocycles. The van der Waals surface area contributed by atoms with Crippen LogP contribution in [-0.4, -0.2) is 44.8 Å². The number of rotatable bonds is 3. The van der Waals surface area contributed by atoms with Crippen molar-refractivity contribution >= 4 is 22.6 Å². The maximum Gasteiger partial charge on any atom is 0.433 e. The number of piperidine rings is 1. The summed E-state index contributed by atoms with van der Waals surface area (Å²) in [6, 6.07) is 8.40. The molecule has 1 fully saturated rings. The number of aryl methyl sites for hydroxylation is 2. The molecule has 0 saturated carbocycles. The van der Waals surface area contributed by atoms with E-state index < -0.39 is 11.9 Å². The quantitative estimate of drug-likeness (QED) is 0.708. The van der Waals surface area contributed by atoms with Gasteiger partial charge in [-0.2, -0.15) is 18.3 Å². The molecule has 158 valence electrons. The van der Waals surface area contributed by atoms with Crippen LogP contribution in [0.4, 0.5) is 19.0 Å². The zero-order valence-corrected chi connectivity index (χ0v) is 16.6. The molecule has 1 aliphatic rings. The summed E-state index contributed by atoms with van der Waals surface area (Å²) in [5, 5.41) is 8.12. The maximum atomic E-state index is 13.0. The van der Waals surface area contributed by atoms with Gasteiger partial charge in [-0.05, 0) is 25.8 Å². The van der Waals surface area contributed by atoms with Crippen LogP contribution in [0.5, 0.6) is 0 Å². The Morgan fingerprint density at radius 1 is 1.17 bits per heavy atom. The Morgan fingerprint density at radius 2 is 1.87 bits per heavy atom. The van der Waals surface area contributed by atoms with Gasteiger partial charge in [-0.25, -0.2) is 9.97 Å². The van der Waals surface area contributed by atoms with Crippen molar-refractivity contribution in [1.29, 1.82) is 0 Å². The van der Waals surface area contributed by atoms with Crippen LogP contribution in [0.2, 0.25) is 0 Å². The summed E-state index contributed by atoms with van der Waals surface area (Å²) in [7, 11) is 1.79. The van der Waals surface area contributed by atoms with Gasteiger partial charge in [0.1, 0.15) is 17.3 Å². The van der Waals surface area contributed by atoms with Gasteiger partial charge >= 0.3 is 6.18 Å². The topological polar surface area (TPSA) is 75.9 Å². The number of nitrogens with one attached hydrogen (secondary N) is 1. The number of amides is 1. The number of alkyl halides is 3. The second kappa shape index (κ2) is 7.58. The minimum atomic E-state index is -4.51. The number of benzene rings is 1. The lowest BCUT2D eigenvalue weighted by Crippen LogP contribution is -2.45. The molecular weight excluding hydrogens is 397 g/mol. The first-order valence-corrected chi connectivity index (χ1v) is 9.63. The van der Waals surface area contributed by atoms with Gasteiger partial charge in [-0.15, -0.1) is 0 Å². The monoisotopic (exact) mass is 418 g/mol. The summed E-state index contributed by atoms with van der Waals surface area (Å²) in [4.78, 5) is 22.2. The van der Waals surface area contributed by atoms with Gasteiger partial charge in [0, 0.05) is 37.6 Å². The van der Waals surface area contributed by atoms with Gasteiger partial charge in [-0.3, -0.25) is 9.48 Å². The van der Waals surface area contributed by atoms with Crippen LogP contribution < -0.4 is 10.2 Å². The highest BCUT2D eigenvalue weighted by molar-refractivity contribution is 6.04. The zero-order chi connectivity index (χ0) is 21.5. The van der Waals surface area contributed by atoms with Crippen LogP contribution >= 0.6 is 0 Å². The second-order valence-corrected chi connectivity index (χ2v) is 7.38. The number of para-hydroxylation sites is 1. The third-order valence-electron chi connectivity index (χ3n) is 5.24. The van der Waals surface area contributed by atoms with E-state index in [1.54, 1.807) is 16.6 Å². The third-order valence-corrected chi connectivity index (χ3v) is 5.24. The largest absolute Gasteiger partial charge is 0.433 e. The zero-order valence-electron chi connectivity index (χ0n) is 16.6. The molecule has 0 spiro atoms. The summed E-state index contributed by atoms with van der Waals surface area (Å²) < 4.78 is 40.8. The predicted octanol–water partition coefficient (Wildman–Crippen LogP) is 3.09. The Hall–Kier alpha value is -3.17. The van der Waals surface area contributed by atoms with Gasteiger partial charge in [0.05, 0.1) is 5.52 Å². The molecule has 1 saturated heterocycles. The standard InChI is InChI=1S/C20H21F3N6O/c1-12-24-16(20(21,22)23)11-17(25-12)29-9-7-13(8-10-29)26-19(30)18-14-5-3-4-6-15(14)28(2)27-18/h3-6,11,13H,7-10H2,1-2H3,(H,26,30). The summed E-state index contributed by atoms with van der Waals surface area (Å²) in [5.41, 5.74) is 0.302. The van der Waals surface area contributed by atoms with Crippen LogP contribution in [0.3, 0.4) is 0 Å². The lowest BCUT2D eigenvalue weighted by atomic mass is 10.0. The smallest absolute Gasteiger partial charge is 0.356 e. The molecule has 10 heteroatoms. The van der Waals surface area contributed by atoms with Crippen molar-refractivity contribution in [1.82, 2.24) is 25.1 Å². The minimum Gasteiger partial charge on any atom is -0.356 e. The average Bonchev–Trinajstić information content (AvgIpc) is 3.05. The van der Waals surface area contributed by atoms with E-state index in [4.69, 9.17) is 0 Å². The Bertz CT molecular complexity index is 1090. The Balaban J connectivity index is 1.43. The molecule has 0 radical (unpaired) electrons. The van der Waals surface area contributed by atoms with Crippen molar-refractivity contribution in [2.75, 3.05) is 18.0 Å². The van der Waals surface area contributed by atoms with Crippen molar-refractivity contribution in [3.8, 4) is 0 Å². The molecule has 30 heavy (non-hydrogen) atoms. The molecule has 0 unspecified atom stereocenters. The molecule has 3 aromatic rings. The number of anilines is 1. The number of hydrogen-bond donors (Lipinski definition) is 1. The number of hydrogen-bond acceptors (Lipinski definition) is 5. The highest BCUT2D eigenvalue weighted by Crippen LogP contribution is 2.30. The van der Waals surface area contributed by atoms with Crippen LogP contribution in [0.25, 0.3) is 10.9 Å². The van der Waals surface area contributed by atoms with Crippen LogP contribution in [0.1, 0.15) is 34.8 Å². The van der Waals surface area contributed by atoms with E-state index in [0.29, 0.717) is 31.6 Å². The fourth-order valence-corrected chi connectivity index (χ4v) is 3.75. The Labute approximate surface area is 170 Å². The second-order valence-electron chi connectivity index (χ2n) is 7.38. The molecule has 0 bridgehead atoms. The molecule has 0 atom stereocenters. The summed E-state index contributed by atoms with van der Waals surface area (Å²) in [5.74, 6) is 0.0927. The van der Waals surface area contributed by atoms with E-state index in [-0.39, 0.29) is 23.6 Å². The van der Waals surface area contributed by atoms with Gasteiger partial charge in [0.15, 0.2) is 5.69 Å². The first-order valence-electron chi connectivity index (χ1n) is 9.63. The highest BCUT2D eigenvalue weighted by atomic mass is 19.4. The van der Waals surface area contributed by atoms with Crippen molar-refractivity contribution in [3.05, 3.63) is 47.5 Å². The van der Waals surface area contributed by atoms with Crippen molar-refractivity contribution < 1.29 is 18.0 Å². The lowest BCUT2D eigenvalue weighted by molar-refractivity contribution is -0.141. The highest BCUT2D eigenvalue weighted by Gasteiger charge is 2.34. The molecule has 4 rings (SSSR count). The molecule has 1 aromatic carbocycles. The van der Waals surface area contributed by atoms with Crippen molar-refractivity contribution in [3.63, 3.8) is 0 Å². The lowest BCUT2D eigenvalue weighted by Gasteiger charge is -2.33. The number of halogens is 3. The van der Waals surface area contributed by atoms with E-state index >= 15 is 0 Å². The fraction of sp³-hybridized carbons (Fsp3) is 0.400. The number of carbonyl (C=O) groups is 1. The predicted molar refractivity (Wildman–Crippen MR) is 105 cm³/mol. The fourth-order valence-electron chi connectivity index (χ4n) is 3.75. The molecule has 0 aliphatic carbocycles. The summed E-state index contributed by atoms with van der Waals surface area (Å²) in [6.07, 6.45) is -3.32. The summed E-state index contributed by atoms with van der Waals surface area (Å²) >= 11 is 0. The van der Waals surface area contributed by atoms with Crippen LogP contribution in [0, 0.1) is 6.92 Å². The third kappa shape index (κ3) is 3.94. The Morgan fingerprint density at radius 3 is 2.57 bits per heavy atom. The van der Waals surface area contributed by atoms with Gasteiger partial charge in [0.25, 0.3) is 5.91 Å². The van der Waals surface area contributed by atoms with Gasteiger partial charge in [-0.1, -0.05) is 18.2 Å². The maximum absolute atomic E-state index is 13.0. The van der Waals surface area contributed by atoms with Crippen LogP contribution in [0.15, 0.2) is 30.3 Å². The van der Waals surface area contributed by atoms with E-state index in [2.05, 4.69) is 20.4 Å². The van der Waals surface area contributed by atoms with E-state index in [0.717, 1.165) is 17.0 Å². The summed E-state index contributed by atoms with van der Waals surface area (Å²) in [6.45, 7) is 2.42. The molecule has 1 N–H and O–H groups in total. The molecular formula is C20H21F3N6O. The van der Waals surface area contributed by atoms with Crippen molar-refractivity contribution in [2.24, 2.45) is 7.05 Å². The molecule has 3 heterocycles. The van der Waals surface area contributed by atoms with Crippen LogP contribution in [-0.2, 0) is 13.2 Å². The van der Waals surface area contributed by atoms with E-state index in [1.807, 2.05) is 24.3 Å². The van der Waals surface area contributed by atoms with Crippen molar-refractivity contribution in [2.45, 2.75) is 32.0 Å². The van der Waals surface area contributed by atoms with Gasteiger partial charge in [0.2, 0.25) is 0 Å². The first kappa shape index (κ1) is 20.1. The molecule has 7 nitrogen and oxygen atoms in total. The number of aromatic nitrogens is 4. The Kier molecular flexibility index (Phi) is 5.08. The SMILES string of the molecule is Cc1nc(N2CCC(NC(=O)c3nn(C)c4ccccc34)CC2)cc(C(F)(F)F)n1. The molecule has 1 amide bonds.